The Morgan fingerprint density at radius 2 is 1.46 bits per heavy atom. The number of benzene rings is 2. The Morgan fingerprint density at radius 1 is 0.792 bits per heavy atom. The maximum Gasteiger partial charge on any atom is 0.337 e. The third kappa shape index (κ3) is 4.55. The van der Waals surface area contributed by atoms with Gasteiger partial charge in [0.2, 0.25) is 0 Å². The lowest BCUT2D eigenvalue weighted by molar-refractivity contribution is 0.0600. The van der Waals surface area contributed by atoms with Crippen molar-refractivity contribution in [1.29, 1.82) is 0 Å². The minimum atomic E-state index is -0.428. The van der Waals surface area contributed by atoms with Gasteiger partial charge in [0.05, 0.1) is 26.9 Å². The van der Waals surface area contributed by atoms with E-state index in [1.54, 1.807) is 25.3 Å². The van der Waals surface area contributed by atoms with Crippen molar-refractivity contribution in [2.45, 2.75) is 0 Å². The van der Waals surface area contributed by atoms with Crippen molar-refractivity contribution >= 4 is 5.97 Å². The predicted molar refractivity (Wildman–Crippen MR) is 88.3 cm³/mol. The Labute approximate surface area is 140 Å². The fourth-order valence-electron chi connectivity index (χ4n) is 2.01. The van der Waals surface area contributed by atoms with Crippen LogP contribution in [0.2, 0.25) is 0 Å². The number of methoxy groups -OCH3 is 3. The summed E-state index contributed by atoms with van der Waals surface area (Å²) in [5.41, 5.74) is 0.399. The average Bonchev–Trinajstić information content (AvgIpc) is 2.65. The van der Waals surface area contributed by atoms with E-state index in [1.807, 2.05) is 24.3 Å². The molecule has 0 aliphatic rings. The summed E-state index contributed by atoms with van der Waals surface area (Å²) in [6, 6.07) is 12.2. The lowest BCUT2D eigenvalue weighted by Crippen LogP contribution is -2.10. The molecule has 0 aliphatic heterocycles. The predicted octanol–water partition coefficient (Wildman–Crippen LogP) is 2.95. The van der Waals surface area contributed by atoms with E-state index in [0.29, 0.717) is 30.3 Å². The van der Waals surface area contributed by atoms with Crippen molar-refractivity contribution in [1.82, 2.24) is 0 Å². The summed E-state index contributed by atoms with van der Waals surface area (Å²) in [6.07, 6.45) is 0. The van der Waals surface area contributed by atoms with Crippen LogP contribution in [0.15, 0.2) is 42.5 Å². The molecule has 0 fully saturated rings. The second-order valence-electron chi connectivity index (χ2n) is 4.73. The van der Waals surface area contributed by atoms with Gasteiger partial charge in [0.1, 0.15) is 24.7 Å². The van der Waals surface area contributed by atoms with E-state index in [4.69, 9.17) is 18.9 Å². The van der Waals surface area contributed by atoms with Crippen LogP contribution in [-0.4, -0.2) is 40.5 Å². The van der Waals surface area contributed by atoms with Gasteiger partial charge in [-0.25, -0.2) is 4.79 Å². The van der Waals surface area contributed by atoms with Gasteiger partial charge in [0, 0.05) is 0 Å². The monoisotopic (exact) mass is 332 g/mol. The fraction of sp³-hybridized carbons (Fsp3) is 0.278. The molecule has 0 amide bonds. The highest BCUT2D eigenvalue weighted by Crippen LogP contribution is 2.28. The summed E-state index contributed by atoms with van der Waals surface area (Å²) in [7, 11) is 4.45. The standard InChI is InChI=1S/C18H20O6/c1-20-14-5-7-15(8-6-14)23-10-11-24-16-9-4-13(18(19)22-3)12-17(16)21-2/h4-9,12H,10-11H2,1-3H3. The van der Waals surface area contributed by atoms with Gasteiger partial charge in [-0.2, -0.15) is 0 Å². The maximum atomic E-state index is 11.5. The molecule has 24 heavy (non-hydrogen) atoms. The van der Waals surface area contributed by atoms with Gasteiger partial charge in [-0.3, -0.25) is 0 Å². The number of carbonyl (C=O) groups is 1. The highest BCUT2D eigenvalue weighted by atomic mass is 16.5. The highest BCUT2D eigenvalue weighted by Gasteiger charge is 2.11. The zero-order valence-electron chi connectivity index (χ0n) is 13.9. The van der Waals surface area contributed by atoms with Gasteiger partial charge < -0.3 is 23.7 Å². The first-order chi connectivity index (χ1) is 11.7. The summed E-state index contributed by atoms with van der Waals surface area (Å²) < 4.78 is 26.2. The third-order valence-electron chi connectivity index (χ3n) is 3.25. The molecule has 0 bridgehead atoms. The quantitative estimate of drug-likeness (QED) is 0.547. The fourth-order valence-corrected chi connectivity index (χ4v) is 2.01. The van der Waals surface area contributed by atoms with Crippen molar-refractivity contribution in [2.24, 2.45) is 0 Å². The van der Waals surface area contributed by atoms with E-state index in [0.717, 1.165) is 11.5 Å². The minimum absolute atomic E-state index is 0.333. The first-order valence-corrected chi connectivity index (χ1v) is 7.34. The van der Waals surface area contributed by atoms with Crippen molar-refractivity contribution in [3.8, 4) is 23.0 Å². The molecule has 0 spiro atoms. The van der Waals surface area contributed by atoms with Crippen LogP contribution in [0.4, 0.5) is 0 Å². The summed E-state index contributed by atoms with van der Waals surface area (Å²) in [5, 5.41) is 0. The lowest BCUT2D eigenvalue weighted by Gasteiger charge is -2.12. The van der Waals surface area contributed by atoms with Crippen molar-refractivity contribution in [2.75, 3.05) is 34.5 Å². The van der Waals surface area contributed by atoms with Crippen LogP contribution in [0, 0.1) is 0 Å². The van der Waals surface area contributed by atoms with Gasteiger partial charge in [0.25, 0.3) is 0 Å². The molecule has 2 aromatic rings. The Bertz CT molecular complexity index is 666. The Hall–Kier alpha value is -2.89. The van der Waals surface area contributed by atoms with Crippen molar-refractivity contribution in [3.05, 3.63) is 48.0 Å². The molecule has 6 nitrogen and oxygen atoms in total. The molecule has 128 valence electrons. The van der Waals surface area contributed by atoms with Gasteiger partial charge in [-0.1, -0.05) is 0 Å². The summed E-state index contributed by atoms with van der Waals surface area (Å²) in [4.78, 5) is 11.5. The molecule has 0 aliphatic carbocycles. The molecule has 2 rings (SSSR count). The first kappa shape index (κ1) is 17.5. The number of esters is 1. The molecule has 0 N–H and O–H groups in total. The van der Waals surface area contributed by atoms with Crippen LogP contribution in [0.1, 0.15) is 10.4 Å². The summed E-state index contributed by atoms with van der Waals surface area (Å²) in [6.45, 7) is 0.703. The van der Waals surface area contributed by atoms with E-state index in [-0.39, 0.29) is 0 Å². The van der Waals surface area contributed by atoms with Gasteiger partial charge in [0.15, 0.2) is 11.5 Å². The van der Waals surface area contributed by atoms with E-state index >= 15 is 0 Å². The topological polar surface area (TPSA) is 63.2 Å². The first-order valence-electron chi connectivity index (χ1n) is 7.34. The second-order valence-corrected chi connectivity index (χ2v) is 4.73. The number of ether oxygens (including phenoxy) is 5. The number of rotatable bonds is 8. The number of hydrogen-bond acceptors (Lipinski definition) is 6. The summed E-state index contributed by atoms with van der Waals surface area (Å²) >= 11 is 0. The van der Waals surface area contributed by atoms with Crippen LogP contribution in [-0.2, 0) is 4.74 Å². The van der Waals surface area contributed by atoms with Crippen LogP contribution in [0.3, 0.4) is 0 Å². The summed E-state index contributed by atoms with van der Waals surface area (Å²) in [5.74, 6) is 2.06. The third-order valence-corrected chi connectivity index (χ3v) is 3.25. The maximum absolute atomic E-state index is 11.5. The van der Waals surface area contributed by atoms with E-state index in [1.165, 1.54) is 14.2 Å². The van der Waals surface area contributed by atoms with Crippen LogP contribution in [0.5, 0.6) is 23.0 Å². The highest BCUT2D eigenvalue weighted by molar-refractivity contribution is 5.90. The van der Waals surface area contributed by atoms with Crippen molar-refractivity contribution in [3.63, 3.8) is 0 Å². The van der Waals surface area contributed by atoms with Gasteiger partial charge in [-0.05, 0) is 42.5 Å². The number of hydrogen-bond donors (Lipinski definition) is 0. The normalized spacial score (nSPS) is 9.96. The Morgan fingerprint density at radius 3 is 2.08 bits per heavy atom. The molecule has 0 aromatic heterocycles. The van der Waals surface area contributed by atoms with Crippen LogP contribution >= 0.6 is 0 Å². The lowest BCUT2D eigenvalue weighted by atomic mass is 10.2. The molecule has 0 heterocycles. The largest absolute Gasteiger partial charge is 0.497 e. The molecule has 0 radical (unpaired) electrons. The van der Waals surface area contributed by atoms with Crippen LogP contribution < -0.4 is 18.9 Å². The molecule has 0 saturated heterocycles. The number of carbonyl (C=O) groups excluding carboxylic acids is 1. The van der Waals surface area contributed by atoms with Crippen LogP contribution in [0.25, 0.3) is 0 Å². The molecule has 0 atom stereocenters. The van der Waals surface area contributed by atoms with E-state index in [9.17, 15) is 4.79 Å². The zero-order valence-corrected chi connectivity index (χ0v) is 13.9. The molecule has 6 heteroatoms. The zero-order chi connectivity index (χ0) is 17.4. The smallest absolute Gasteiger partial charge is 0.337 e. The van der Waals surface area contributed by atoms with E-state index < -0.39 is 5.97 Å². The molecular weight excluding hydrogens is 312 g/mol. The second kappa shape index (κ2) is 8.67. The minimum Gasteiger partial charge on any atom is -0.497 e. The van der Waals surface area contributed by atoms with Gasteiger partial charge in [-0.15, -0.1) is 0 Å². The Balaban J connectivity index is 1.88. The van der Waals surface area contributed by atoms with Gasteiger partial charge >= 0.3 is 5.97 Å². The molecular formula is C18H20O6. The SMILES string of the molecule is COC(=O)c1ccc(OCCOc2ccc(OC)cc2)c(OC)c1. The average molecular weight is 332 g/mol. The molecule has 0 unspecified atom stereocenters. The molecule has 0 saturated carbocycles. The molecule has 2 aromatic carbocycles. The Kier molecular flexibility index (Phi) is 6.31. The van der Waals surface area contributed by atoms with E-state index in [2.05, 4.69) is 4.74 Å². The van der Waals surface area contributed by atoms with Crippen molar-refractivity contribution < 1.29 is 28.5 Å².